The molecule has 0 aliphatic heterocycles. The number of carbonyl (C=O) groups excluding carboxylic acids is 1. The van der Waals surface area contributed by atoms with Crippen molar-refractivity contribution >= 4 is 5.97 Å². The van der Waals surface area contributed by atoms with E-state index in [-0.39, 0.29) is 11.9 Å². The molecule has 0 radical (unpaired) electrons. The summed E-state index contributed by atoms with van der Waals surface area (Å²) < 4.78 is 10.5. The van der Waals surface area contributed by atoms with Crippen LogP contribution < -0.4 is 4.74 Å². The Bertz CT molecular complexity index is 416. The van der Waals surface area contributed by atoms with Crippen LogP contribution in [0, 0.1) is 0 Å². The smallest absolute Gasteiger partial charge is 0.313 e. The molecule has 4 nitrogen and oxygen atoms in total. The maximum Gasteiger partial charge on any atom is 0.313 e. The number of benzene rings is 1. The van der Waals surface area contributed by atoms with Gasteiger partial charge in [-0.05, 0) is 37.7 Å². The van der Waals surface area contributed by atoms with Gasteiger partial charge in [0.2, 0.25) is 0 Å². The molecule has 1 aromatic carbocycles. The van der Waals surface area contributed by atoms with Crippen molar-refractivity contribution in [3.8, 4) is 5.75 Å². The van der Waals surface area contributed by atoms with Gasteiger partial charge in [-0.3, -0.25) is 4.79 Å². The van der Waals surface area contributed by atoms with Gasteiger partial charge in [0.1, 0.15) is 12.4 Å². The fourth-order valence-corrected chi connectivity index (χ4v) is 1.99. The van der Waals surface area contributed by atoms with Gasteiger partial charge in [0.15, 0.2) is 0 Å². The standard InChI is InChI=1S/C16H25NO3/c1-5-17(6-2)10-11-20-16(18)13(3)14-8-7-9-15(12-14)19-4/h7-9,12-13H,5-6,10-11H2,1-4H3/t13-/m1/s1. The molecule has 112 valence electrons. The first kappa shape index (κ1) is 16.5. The Morgan fingerprint density at radius 1 is 1.30 bits per heavy atom. The predicted octanol–water partition coefficient (Wildman–Crippen LogP) is 2.68. The molecule has 0 N–H and O–H groups in total. The molecular weight excluding hydrogens is 254 g/mol. The summed E-state index contributed by atoms with van der Waals surface area (Å²) in [4.78, 5) is 14.2. The highest BCUT2D eigenvalue weighted by atomic mass is 16.5. The summed E-state index contributed by atoms with van der Waals surface area (Å²) in [5.41, 5.74) is 0.914. The second kappa shape index (κ2) is 8.59. The van der Waals surface area contributed by atoms with E-state index in [2.05, 4.69) is 18.7 Å². The molecule has 0 aliphatic carbocycles. The SMILES string of the molecule is CCN(CC)CCOC(=O)[C@H](C)c1cccc(OC)c1. The van der Waals surface area contributed by atoms with Crippen LogP contribution in [0.3, 0.4) is 0 Å². The lowest BCUT2D eigenvalue weighted by Crippen LogP contribution is -2.28. The fourth-order valence-electron chi connectivity index (χ4n) is 1.99. The number of carbonyl (C=O) groups is 1. The Labute approximate surface area is 121 Å². The summed E-state index contributed by atoms with van der Waals surface area (Å²) in [6.45, 7) is 9.22. The van der Waals surface area contributed by atoms with Crippen LogP contribution in [0.1, 0.15) is 32.3 Å². The van der Waals surface area contributed by atoms with E-state index in [0.717, 1.165) is 30.9 Å². The predicted molar refractivity (Wildman–Crippen MR) is 80.2 cm³/mol. The Morgan fingerprint density at radius 2 is 2.00 bits per heavy atom. The molecule has 20 heavy (non-hydrogen) atoms. The molecule has 0 aliphatic rings. The first-order valence-electron chi connectivity index (χ1n) is 7.15. The average Bonchev–Trinajstić information content (AvgIpc) is 2.50. The van der Waals surface area contributed by atoms with Crippen LogP contribution in [0.4, 0.5) is 0 Å². The Kier molecular flexibility index (Phi) is 7.09. The van der Waals surface area contributed by atoms with Gasteiger partial charge in [0, 0.05) is 6.54 Å². The molecule has 0 amide bonds. The molecule has 0 saturated carbocycles. The first-order valence-corrected chi connectivity index (χ1v) is 7.15. The van der Waals surface area contributed by atoms with Crippen molar-refractivity contribution in [2.75, 3.05) is 33.4 Å². The molecule has 0 heterocycles. The molecule has 0 saturated heterocycles. The molecule has 0 spiro atoms. The second-order valence-electron chi connectivity index (χ2n) is 4.69. The normalized spacial score (nSPS) is 12.2. The number of hydrogen-bond acceptors (Lipinski definition) is 4. The zero-order chi connectivity index (χ0) is 15.0. The van der Waals surface area contributed by atoms with Crippen molar-refractivity contribution in [1.29, 1.82) is 0 Å². The Balaban J connectivity index is 2.50. The van der Waals surface area contributed by atoms with E-state index in [9.17, 15) is 4.79 Å². The van der Waals surface area contributed by atoms with Gasteiger partial charge in [0.25, 0.3) is 0 Å². The molecule has 0 unspecified atom stereocenters. The third-order valence-corrected chi connectivity index (χ3v) is 3.49. The summed E-state index contributed by atoms with van der Waals surface area (Å²) in [7, 11) is 1.62. The summed E-state index contributed by atoms with van der Waals surface area (Å²) in [6, 6.07) is 7.53. The van der Waals surface area contributed by atoms with E-state index in [0.29, 0.717) is 6.61 Å². The highest BCUT2D eigenvalue weighted by Gasteiger charge is 2.17. The monoisotopic (exact) mass is 279 g/mol. The van der Waals surface area contributed by atoms with Gasteiger partial charge in [0.05, 0.1) is 13.0 Å². The zero-order valence-electron chi connectivity index (χ0n) is 12.9. The maximum absolute atomic E-state index is 12.0. The largest absolute Gasteiger partial charge is 0.497 e. The highest BCUT2D eigenvalue weighted by Crippen LogP contribution is 2.21. The lowest BCUT2D eigenvalue weighted by Gasteiger charge is -2.18. The zero-order valence-corrected chi connectivity index (χ0v) is 12.9. The van der Waals surface area contributed by atoms with Crippen molar-refractivity contribution in [3.63, 3.8) is 0 Å². The molecule has 0 fully saturated rings. The molecular formula is C16H25NO3. The van der Waals surface area contributed by atoms with Gasteiger partial charge in [-0.25, -0.2) is 0 Å². The maximum atomic E-state index is 12.0. The summed E-state index contributed by atoms with van der Waals surface area (Å²) in [6.07, 6.45) is 0. The highest BCUT2D eigenvalue weighted by molar-refractivity contribution is 5.77. The molecule has 1 aromatic rings. The Hall–Kier alpha value is -1.55. The lowest BCUT2D eigenvalue weighted by atomic mass is 10.0. The van der Waals surface area contributed by atoms with E-state index in [4.69, 9.17) is 9.47 Å². The minimum absolute atomic E-state index is 0.189. The van der Waals surface area contributed by atoms with Crippen molar-refractivity contribution in [3.05, 3.63) is 29.8 Å². The number of hydrogen-bond donors (Lipinski definition) is 0. The lowest BCUT2D eigenvalue weighted by molar-refractivity contribution is -0.145. The summed E-state index contributed by atoms with van der Waals surface area (Å²) >= 11 is 0. The van der Waals surface area contributed by atoms with Gasteiger partial charge in [-0.1, -0.05) is 26.0 Å². The van der Waals surface area contributed by atoms with Crippen LogP contribution in [-0.2, 0) is 9.53 Å². The third-order valence-electron chi connectivity index (χ3n) is 3.49. The quantitative estimate of drug-likeness (QED) is 0.686. The number of likely N-dealkylation sites (N-methyl/N-ethyl adjacent to an activating group) is 1. The summed E-state index contributed by atoms with van der Waals surface area (Å²) in [5, 5.41) is 0. The van der Waals surface area contributed by atoms with Crippen LogP contribution in [0.2, 0.25) is 0 Å². The third kappa shape index (κ3) is 4.85. The molecule has 1 rings (SSSR count). The number of methoxy groups -OCH3 is 1. The number of ether oxygens (including phenoxy) is 2. The van der Waals surface area contributed by atoms with Crippen LogP contribution in [-0.4, -0.2) is 44.2 Å². The van der Waals surface area contributed by atoms with Crippen molar-refractivity contribution in [1.82, 2.24) is 4.90 Å². The molecule has 1 atom stereocenters. The summed E-state index contributed by atoms with van der Waals surface area (Å²) in [5.74, 6) is 0.289. The number of nitrogens with zero attached hydrogens (tertiary/aromatic N) is 1. The Morgan fingerprint density at radius 3 is 2.60 bits per heavy atom. The fraction of sp³-hybridized carbons (Fsp3) is 0.562. The van der Waals surface area contributed by atoms with Gasteiger partial charge in [-0.2, -0.15) is 0 Å². The number of rotatable bonds is 8. The molecule has 0 bridgehead atoms. The van der Waals surface area contributed by atoms with E-state index >= 15 is 0 Å². The van der Waals surface area contributed by atoms with Crippen LogP contribution in [0.15, 0.2) is 24.3 Å². The topological polar surface area (TPSA) is 38.8 Å². The minimum Gasteiger partial charge on any atom is -0.497 e. The van der Waals surface area contributed by atoms with E-state index in [1.165, 1.54) is 0 Å². The molecule has 4 heteroatoms. The second-order valence-corrected chi connectivity index (χ2v) is 4.69. The van der Waals surface area contributed by atoms with Gasteiger partial charge < -0.3 is 14.4 Å². The van der Waals surface area contributed by atoms with Gasteiger partial charge >= 0.3 is 5.97 Å². The van der Waals surface area contributed by atoms with E-state index < -0.39 is 0 Å². The van der Waals surface area contributed by atoms with Crippen LogP contribution >= 0.6 is 0 Å². The minimum atomic E-state index is -0.276. The van der Waals surface area contributed by atoms with E-state index in [1.54, 1.807) is 7.11 Å². The first-order chi connectivity index (χ1) is 9.62. The molecule has 0 aromatic heterocycles. The number of esters is 1. The average molecular weight is 279 g/mol. The van der Waals surface area contributed by atoms with E-state index in [1.807, 2.05) is 31.2 Å². The van der Waals surface area contributed by atoms with Crippen LogP contribution in [0.25, 0.3) is 0 Å². The van der Waals surface area contributed by atoms with Crippen molar-refractivity contribution in [2.24, 2.45) is 0 Å². The van der Waals surface area contributed by atoms with Crippen molar-refractivity contribution in [2.45, 2.75) is 26.7 Å². The van der Waals surface area contributed by atoms with Crippen molar-refractivity contribution < 1.29 is 14.3 Å². The van der Waals surface area contributed by atoms with Crippen LogP contribution in [0.5, 0.6) is 5.75 Å². The van der Waals surface area contributed by atoms with Gasteiger partial charge in [-0.15, -0.1) is 0 Å².